The third-order valence-corrected chi connectivity index (χ3v) is 7.77. The molecule has 13 nitrogen and oxygen atoms in total. The second-order valence-electron chi connectivity index (χ2n) is 11.5. The molecule has 0 saturated carbocycles. The van der Waals surface area contributed by atoms with Crippen LogP contribution in [0, 0.1) is 0 Å². The first kappa shape index (κ1) is 37.4. The average molecular weight is 657 g/mol. The minimum Gasteiger partial charge on any atom is -0.463 e. The molecule has 5 atom stereocenters. The van der Waals surface area contributed by atoms with Crippen LogP contribution >= 0.6 is 0 Å². The average Bonchev–Trinajstić information content (AvgIpc) is 3.07. The maximum atomic E-state index is 12.8. The van der Waals surface area contributed by atoms with Gasteiger partial charge in [-0.05, 0) is 62.1 Å². The summed E-state index contributed by atoms with van der Waals surface area (Å²) in [5.74, 6) is -0.521. The molecule has 1 heterocycles. The maximum Gasteiger partial charge on any atom is 0.251 e. The smallest absolute Gasteiger partial charge is 0.251 e. The molecule has 2 aromatic rings. The molecule has 2 aromatic carbocycles. The van der Waals surface area contributed by atoms with Gasteiger partial charge in [0.1, 0.15) is 30.1 Å². The number of nitrogens with zero attached hydrogens (tertiary/aromatic N) is 1. The maximum absolute atomic E-state index is 12.8. The van der Waals surface area contributed by atoms with Gasteiger partial charge < -0.3 is 45.6 Å². The zero-order valence-corrected chi connectivity index (χ0v) is 27.1. The lowest BCUT2D eigenvalue weighted by molar-refractivity contribution is -0.244. The summed E-state index contributed by atoms with van der Waals surface area (Å²) in [7, 11) is 0. The van der Waals surface area contributed by atoms with Crippen molar-refractivity contribution in [1.29, 1.82) is 0 Å². The topological polar surface area (TPSA) is 187 Å². The van der Waals surface area contributed by atoms with Gasteiger partial charge in [0.2, 0.25) is 24.0 Å². The number of benzene rings is 2. The summed E-state index contributed by atoms with van der Waals surface area (Å²) in [6.07, 6.45) is -0.600. The summed E-state index contributed by atoms with van der Waals surface area (Å²) < 4.78 is 11.4. The lowest BCUT2D eigenvalue weighted by atomic mass is 9.97. The van der Waals surface area contributed by atoms with E-state index in [4.69, 9.17) is 9.47 Å². The third kappa shape index (κ3) is 12.2. The summed E-state index contributed by atoms with van der Waals surface area (Å²) in [6, 6.07) is 14.3. The van der Waals surface area contributed by atoms with Crippen LogP contribution in [0.5, 0.6) is 5.75 Å². The molecule has 3 rings (SSSR count). The molecule has 1 fully saturated rings. The van der Waals surface area contributed by atoms with Gasteiger partial charge in [-0.25, -0.2) is 0 Å². The molecule has 1 aliphatic rings. The van der Waals surface area contributed by atoms with Crippen LogP contribution < -0.4 is 20.7 Å². The van der Waals surface area contributed by atoms with Crippen molar-refractivity contribution in [3.8, 4) is 5.75 Å². The van der Waals surface area contributed by atoms with Gasteiger partial charge >= 0.3 is 0 Å². The zero-order chi connectivity index (χ0) is 34.2. The third-order valence-electron chi connectivity index (χ3n) is 7.77. The largest absolute Gasteiger partial charge is 0.463 e. The van der Waals surface area contributed by atoms with Crippen molar-refractivity contribution in [3.05, 3.63) is 60.2 Å². The molecule has 5 unspecified atom stereocenters. The Labute approximate surface area is 275 Å². The number of rotatable bonds is 18. The van der Waals surface area contributed by atoms with Gasteiger partial charge in [-0.15, -0.1) is 0 Å². The number of unbranched alkanes of at least 4 members (excludes halogenated alkanes) is 3. The van der Waals surface area contributed by atoms with Crippen LogP contribution in [-0.4, -0.2) is 101 Å². The summed E-state index contributed by atoms with van der Waals surface area (Å²) in [5.41, 5.74) is 1.11. The first-order chi connectivity index (χ1) is 22.6. The summed E-state index contributed by atoms with van der Waals surface area (Å²) in [4.78, 5) is 51.2. The summed E-state index contributed by atoms with van der Waals surface area (Å²) in [5, 5.41) is 38.4. The Kier molecular flexibility index (Phi) is 15.6. The van der Waals surface area contributed by atoms with Crippen molar-refractivity contribution >= 4 is 29.3 Å². The fourth-order valence-electron chi connectivity index (χ4n) is 5.13. The summed E-state index contributed by atoms with van der Waals surface area (Å²) in [6.45, 7) is 4.06. The molecule has 0 spiro atoms. The van der Waals surface area contributed by atoms with Crippen molar-refractivity contribution < 1.29 is 44.0 Å². The van der Waals surface area contributed by atoms with E-state index in [0.717, 1.165) is 32.1 Å². The number of carbonyl (C=O) groups excluding carboxylic acids is 4. The van der Waals surface area contributed by atoms with E-state index in [-0.39, 0.29) is 30.7 Å². The molecule has 6 N–H and O–H groups in total. The van der Waals surface area contributed by atoms with Crippen LogP contribution in [-0.2, 0) is 19.1 Å². The Bertz CT molecular complexity index is 1280. The number of amides is 4. The molecular weight excluding hydrogens is 608 g/mol. The second kappa shape index (κ2) is 19.6. The Morgan fingerprint density at radius 1 is 0.894 bits per heavy atom. The standard InChI is InChI=1S/C34H48N4O9/c1-3-4-13-29(42)38(20-10-6-9-19-35-33(45)24-11-7-5-8-12-24)21-18-28(41)37-25-14-16-26(17-15-25)46-34-30(36-23(2)40)32(44)31(43)27(22-39)47-34/h5,7-8,11-12,14-17,27,30-32,34,39,43-44H,3-4,6,9-10,13,18-22H2,1-2H3,(H,35,45)(H,36,40)(H,37,41). The zero-order valence-electron chi connectivity index (χ0n) is 27.1. The van der Waals surface area contributed by atoms with E-state index in [1.54, 1.807) is 41.3 Å². The molecule has 13 heteroatoms. The normalized spacial score (nSPS) is 20.6. The molecule has 0 bridgehead atoms. The highest BCUT2D eigenvalue weighted by atomic mass is 16.7. The lowest BCUT2D eigenvalue weighted by Gasteiger charge is -2.42. The minimum absolute atomic E-state index is 0.0158. The lowest BCUT2D eigenvalue weighted by Crippen LogP contribution is -2.65. The monoisotopic (exact) mass is 656 g/mol. The molecule has 0 aromatic heterocycles. The molecule has 47 heavy (non-hydrogen) atoms. The van der Waals surface area contributed by atoms with Gasteiger partial charge in [-0.2, -0.15) is 0 Å². The fourth-order valence-corrected chi connectivity index (χ4v) is 5.13. The molecule has 1 aliphatic heterocycles. The highest BCUT2D eigenvalue weighted by Crippen LogP contribution is 2.25. The van der Waals surface area contributed by atoms with Gasteiger partial charge in [0.05, 0.1) is 6.61 Å². The van der Waals surface area contributed by atoms with Gasteiger partial charge in [-0.1, -0.05) is 31.5 Å². The van der Waals surface area contributed by atoms with Gasteiger partial charge in [-0.3, -0.25) is 19.2 Å². The van der Waals surface area contributed by atoms with E-state index in [9.17, 15) is 34.5 Å². The van der Waals surface area contributed by atoms with E-state index in [1.807, 2.05) is 25.1 Å². The number of aliphatic hydroxyl groups is 3. The van der Waals surface area contributed by atoms with Crippen LogP contribution in [0.25, 0.3) is 0 Å². The number of ether oxygens (including phenoxy) is 2. The predicted octanol–water partition coefficient (Wildman–Crippen LogP) is 1.96. The van der Waals surface area contributed by atoms with E-state index >= 15 is 0 Å². The number of nitrogens with one attached hydrogen (secondary N) is 3. The van der Waals surface area contributed by atoms with Crippen molar-refractivity contribution in [2.75, 3.05) is 31.6 Å². The molecule has 1 saturated heterocycles. The highest BCUT2D eigenvalue weighted by Gasteiger charge is 2.46. The Balaban J connectivity index is 1.46. The van der Waals surface area contributed by atoms with E-state index in [1.165, 1.54) is 6.92 Å². The fraction of sp³-hybridized carbons (Fsp3) is 0.529. The van der Waals surface area contributed by atoms with Crippen molar-refractivity contribution in [2.24, 2.45) is 0 Å². The number of carbonyl (C=O) groups is 4. The first-order valence-corrected chi connectivity index (χ1v) is 16.2. The summed E-state index contributed by atoms with van der Waals surface area (Å²) >= 11 is 0. The van der Waals surface area contributed by atoms with Crippen LogP contribution in [0.15, 0.2) is 54.6 Å². The SMILES string of the molecule is CCCCC(=O)N(CCCCCNC(=O)c1ccccc1)CCC(=O)Nc1ccc(OC2OC(CO)C(O)C(O)C2NC(C)=O)cc1. The predicted molar refractivity (Wildman–Crippen MR) is 174 cm³/mol. The van der Waals surface area contributed by atoms with Gasteiger partial charge in [0, 0.05) is 50.7 Å². The van der Waals surface area contributed by atoms with Crippen molar-refractivity contribution in [2.45, 2.75) is 89.4 Å². The van der Waals surface area contributed by atoms with E-state index in [2.05, 4.69) is 16.0 Å². The molecular formula is C34H48N4O9. The molecule has 258 valence electrons. The minimum atomic E-state index is -1.44. The number of hydrogen-bond donors (Lipinski definition) is 6. The Morgan fingerprint density at radius 2 is 1.62 bits per heavy atom. The second-order valence-corrected chi connectivity index (χ2v) is 11.5. The Morgan fingerprint density at radius 3 is 2.28 bits per heavy atom. The molecule has 0 radical (unpaired) electrons. The van der Waals surface area contributed by atoms with Crippen LogP contribution in [0.3, 0.4) is 0 Å². The Hall–Kier alpha value is -4.04. The van der Waals surface area contributed by atoms with E-state index in [0.29, 0.717) is 36.5 Å². The number of hydrogen-bond acceptors (Lipinski definition) is 9. The van der Waals surface area contributed by atoms with Gasteiger partial charge in [0.15, 0.2) is 0 Å². The molecule has 0 aliphatic carbocycles. The van der Waals surface area contributed by atoms with Crippen molar-refractivity contribution in [1.82, 2.24) is 15.5 Å². The highest BCUT2D eigenvalue weighted by molar-refractivity contribution is 5.94. The van der Waals surface area contributed by atoms with Crippen LogP contribution in [0.4, 0.5) is 5.69 Å². The van der Waals surface area contributed by atoms with Crippen LogP contribution in [0.2, 0.25) is 0 Å². The quantitative estimate of drug-likeness (QED) is 0.130. The first-order valence-electron chi connectivity index (χ1n) is 16.2. The van der Waals surface area contributed by atoms with Crippen LogP contribution in [0.1, 0.15) is 69.2 Å². The number of anilines is 1. The van der Waals surface area contributed by atoms with Crippen molar-refractivity contribution in [3.63, 3.8) is 0 Å². The van der Waals surface area contributed by atoms with E-state index < -0.39 is 43.2 Å². The number of aliphatic hydroxyl groups excluding tert-OH is 3. The van der Waals surface area contributed by atoms with Gasteiger partial charge in [0.25, 0.3) is 5.91 Å². The molecule has 4 amide bonds.